The maximum Gasteiger partial charge on any atom is 0.224 e. The fourth-order valence-electron chi connectivity index (χ4n) is 1.16. The fraction of sp³-hybridized carbons (Fsp3) is 0.222. The van der Waals surface area contributed by atoms with Crippen molar-refractivity contribution >= 4 is 5.91 Å². The molecule has 0 bridgehead atoms. The number of carbonyl (C=O) groups excluding carboxylic acids is 1. The van der Waals surface area contributed by atoms with Gasteiger partial charge in [0.25, 0.3) is 0 Å². The van der Waals surface area contributed by atoms with Crippen LogP contribution in [-0.2, 0) is 17.7 Å². The molecule has 0 aromatic heterocycles. The Balaban J connectivity index is 2.61. The third kappa shape index (κ3) is 1.18. The van der Waals surface area contributed by atoms with Gasteiger partial charge in [0.15, 0.2) is 0 Å². The van der Waals surface area contributed by atoms with Crippen LogP contribution in [0.5, 0.6) is 0 Å². The second kappa shape index (κ2) is 2.59. The number of hydrogen-bond acceptors (Lipinski definition) is 1. The average Bonchev–Trinajstić information content (AvgIpc) is 2.13. The number of hydrogen-bond donors (Lipinski definition) is 1. The molecule has 1 amide bonds. The maximum absolute atomic E-state index is 12.9. The first-order valence-electron chi connectivity index (χ1n) is 4.59. The molecule has 0 saturated heterocycles. The molecule has 1 aliphatic rings. The van der Waals surface area contributed by atoms with Crippen molar-refractivity contribution in [3.05, 3.63) is 35.1 Å². The van der Waals surface area contributed by atoms with E-state index in [-0.39, 0.29) is 12.1 Å². The Morgan fingerprint density at radius 2 is 2.33 bits per heavy atom. The van der Waals surface area contributed by atoms with Gasteiger partial charge >= 0.3 is 0 Å². The Labute approximate surface area is 72.2 Å². The predicted octanol–water partition coefficient (Wildman–Crippen LogP) is 0.998. The van der Waals surface area contributed by atoms with Crippen molar-refractivity contribution in [2.75, 3.05) is 0 Å². The zero-order valence-electron chi connectivity index (χ0n) is 8.23. The van der Waals surface area contributed by atoms with E-state index in [1.165, 1.54) is 12.1 Å². The van der Waals surface area contributed by atoms with Crippen LogP contribution >= 0.6 is 0 Å². The van der Waals surface area contributed by atoms with E-state index in [4.69, 9.17) is 2.74 Å². The van der Waals surface area contributed by atoms with Crippen molar-refractivity contribution in [2.24, 2.45) is 0 Å². The van der Waals surface area contributed by atoms with E-state index in [0.717, 1.165) is 6.07 Å². The van der Waals surface area contributed by atoms with Crippen LogP contribution in [0.25, 0.3) is 0 Å². The predicted molar refractivity (Wildman–Crippen MR) is 42.0 cm³/mol. The summed E-state index contributed by atoms with van der Waals surface area (Å²) in [6, 6.07) is 3.82. The standard InChI is InChI=1S/C9H8FNO/c10-8-2-1-6-5-11-9(12)4-7(6)3-8/h1-3H,4-5H2,(H,11,12)/i4D2. The highest BCUT2D eigenvalue weighted by Gasteiger charge is 2.14. The van der Waals surface area contributed by atoms with E-state index >= 15 is 0 Å². The van der Waals surface area contributed by atoms with E-state index in [2.05, 4.69) is 5.32 Å². The second-order valence-corrected chi connectivity index (χ2v) is 2.61. The quantitative estimate of drug-likeness (QED) is 0.613. The molecular weight excluding hydrogens is 157 g/mol. The van der Waals surface area contributed by atoms with Gasteiger partial charge in [-0.3, -0.25) is 4.79 Å². The highest BCUT2D eigenvalue weighted by atomic mass is 19.1. The highest BCUT2D eigenvalue weighted by Crippen LogP contribution is 2.15. The van der Waals surface area contributed by atoms with E-state index in [0.29, 0.717) is 5.56 Å². The van der Waals surface area contributed by atoms with Gasteiger partial charge in [-0.2, -0.15) is 0 Å². The second-order valence-electron chi connectivity index (χ2n) is 2.61. The van der Waals surface area contributed by atoms with Gasteiger partial charge in [-0.05, 0) is 23.3 Å². The van der Waals surface area contributed by atoms with Crippen LogP contribution in [0, 0.1) is 5.82 Å². The normalized spacial score (nSPS) is 21.9. The van der Waals surface area contributed by atoms with Crippen LogP contribution in [-0.4, -0.2) is 5.91 Å². The summed E-state index contributed by atoms with van der Waals surface area (Å²) in [7, 11) is 0. The van der Waals surface area contributed by atoms with Gasteiger partial charge in [-0.15, -0.1) is 0 Å². The number of nitrogens with one attached hydrogen (secondary N) is 1. The first kappa shape index (κ1) is 5.30. The lowest BCUT2D eigenvalue weighted by molar-refractivity contribution is -0.121. The molecule has 0 atom stereocenters. The molecular formula is C9H8FNO. The molecule has 0 fully saturated rings. The lowest BCUT2D eigenvalue weighted by Gasteiger charge is -2.15. The summed E-state index contributed by atoms with van der Waals surface area (Å²) in [5.74, 6) is -1.24. The summed E-state index contributed by atoms with van der Waals surface area (Å²) in [5.41, 5.74) is 0.747. The van der Waals surface area contributed by atoms with Gasteiger partial charge in [0.05, 0.1) is 6.37 Å². The third-order valence-corrected chi connectivity index (χ3v) is 1.76. The van der Waals surface area contributed by atoms with Crippen molar-refractivity contribution < 1.29 is 11.9 Å². The van der Waals surface area contributed by atoms with Gasteiger partial charge in [-0.1, -0.05) is 6.07 Å². The maximum atomic E-state index is 12.9. The number of benzene rings is 1. The molecule has 1 aromatic carbocycles. The number of fused-ring (bicyclic) bond motifs is 1. The third-order valence-electron chi connectivity index (χ3n) is 1.76. The zero-order valence-corrected chi connectivity index (χ0v) is 6.23. The van der Waals surface area contributed by atoms with Crippen LogP contribution < -0.4 is 5.32 Å². The Hall–Kier alpha value is -1.38. The average molecular weight is 167 g/mol. The van der Waals surface area contributed by atoms with Crippen LogP contribution in [0.3, 0.4) is 0 Å². The number of rotatable bonds is 0. The van der Waals surface area contributed by atoms with Crippen LogP contribution in [0.15, 0.2) is 18.2 Å². The molecule has 0 spiro atoms. The van der Waals surface area contributed by atoms with Gasteiger partial charge < -0.3 is 5.32 Å². The van der Waals surface area contributed by atoms with E-state index in [9.17, 15) is 9.18 Å². The molecule has 3 heteroatoms. The zero-order chi connectivity index (χ0) is 10.3. The molecule has 0 radical (unpaired) electrons. The molecule has 62 valence electrons. The largest absolute Gasteiger partial charge is 0.352 e. The SMILES string of the molecule is [2H]C1([2H])C(=O)NCc2ccc(F)cc21. The summed E-state index contributed by atoms with van der Waals surface area (Å²) in [5, 5.41) is 2.41. The molecule has 1 heterocycles. The highest BCUT2D eigenvalue weighted by molar-refractivity contribution is 5.80. The van der Waals surface area contributed by atoms with E-state index in [1.54, 1.807) is 0 Å². The number of amides is 1. The molecule has 0 saturated carbocycles. The molecule has 2 nitrogen and oxygen atoms in total. The van der Waals surface area contributed by atoms with Crippen molar-refractivity contribution in [3.63, 3.8) is 0 Å². The summed E-state index contributed by atoms with van der Waals surface area (Å²) >= 11 is 0. The molecule has 0 unspecified atom stereocenters. The first-order valence-corrected chi connectivity index (χ1v) is 3.59. The first-order chi connectivity index (χ1) is 6.51. The van der Waals surface area contributed by atoms with Crippen molar-refractivity contribution in [2.45, 2.75) is 12.9 Å². The minimum absolute atomic E-state index is 0.126. The van der Waals surface area contributed by atoms with E-state index < -0.39 is 18.1 Å². The van der Waals surface area contributed by atoms with Crippen molar-refractivity contribution in [1.82, 2.24) is 5.32 Å². The van der Waals surface area contributed by atoms with Gasteiger partial charge in [0, 0.05) is 9.29 Å². The Morgan fingerprint density at radius 3 is 3.17 bits per heavy atom. The summed E-state index contributed by atoms with van der Waals surface area (Å²) in [6.07, 6.45) is -2.13. The van der Waals surface area contributed by atoms with Crippen LogP contribution in [0.2, 0.25) is 0 Å². The minimum atomic E-state index is -2.13. The summed E-state index contributed by atoms with van der Waals surface area (Å²) < 4.78 is 27.9. The molecule has 1 N–H and O–H groups in total. The fourth-order valence-corrected chi connectivity index (χ4v) is 1.16. The molecule has 0 aliphatic carbocycles. The topological polar surface area (TPSA) is 29.1 Å². The van der Waals surface area contributed by atoms with E-state index in [1.807, 2.05) is 0 Å². The summed E-state index contributed by atoms with van der Waals surface area (Å²) in [6.45, 7) is 0.258. The molecule has 1 aromatic rings. The minimum Gasteiger partial charge on any atom is -0.352 e. The molecule has 12 heavy (non-hydrogen) atoms. The Morgan fingerprint density at radius 1 is 1.50 bits per heavy atom. The van der Waals surface area contributed by atoms with Crippen molar-refractivity contribution in [3.8, 4) is 0 Å². The van der Waals surface area contributed by atoms with Crippen LogP contribution in [0.1, 0.15) is 13.9 Å². The van der Waals surface area contributed by atoms with Crippen LogP contribution in [0.4, 0.5) is 4.39 Å². The Kier molecular flexibility index (Phi) is 1.14. The Bertz CT molecular complexity index is 406. The molecule has 1 aliphatic heterocycles. The number of halogens is 1. The van der Waals surface area contributed by atoms with Gasteiger partial charge in [0.1, 0.15) is 5.82 Å². The van der Waals surface area contributed by atoms with Gasteiger partial charge in [-0.25, -0.2) is 4.39 Å². The van der Waals surface area contributed by atoms with Gasteiger partial charge in [0.2, 0.25) is 5.91 Å². The summed E-state index contributed by atoms with van der Waals surface area (Å²) in [4.78, 5) is 11.2. The monoisotopic (exact) mass is 167 g/mol. The molecule has 2 rings (SSSR count). The van der Waals surface area contributed by atoms with Crippen molar-refractivity contribution in [1.29, 1.82) is 0 Å². The number of carbonyl (C=O) groups is 1. The lowest BCUT2D eigenvalue weighted by atomic mass is 10.0. The lowest BCUT2D eigenvalue weighted by Crippen LogP contribution is -2.30. The smallest absolute Gasteiger partial charge is 0.224 e.